The largest absolute Gasteiger partial charge is 0.341 e. The SMILES string of the molecule is CCC(C)C(N)C(=O)N(C)C(C)C(C)(C)C. The van der Waals surface area contributed by atoms with Crippen LogP contribution in [0.3, 0.4) is 0 Å². The molecule has 0 aliphatic heterocycles. The fourth-order valence-electron chi connectivity index (χ4n) is 1.50. The maximum atomic E-state index is 12.1. The van der Waals surface area contributed by atoms with Gasteiger partial charge in [0.25, 0.3) is 0 Å². The molecule has 0 aromatic rings. The van der Waals surface area contributed by atoms with Gasteiger partial charge < -0.3 is 10.6 Å². The van der Waals surface area contributed by atoms with E-state index in [2.05, 4.69) is 34.6 Å². The Hall–Kier alpha value is -0.570. The molecule has 0 fully saturated rings. The van der Waals surface area contributed by atoms with Crippen LogP contribution in [0.1, 0.15) is 48.0 Å². The van der Waals surface area contributed by atoms with Crippen LogP contribution in [0.15, 0.2) is 0 Å². The Balaban J connectivity index is 4.62. The molecule has 3 nitrogen and oxygen atoms in total. The van der Waals surface area contributed by atoms with E-state index in [1.807, 2.05) is 14.0 Å². The molecular weight excluding hydrogens is 200 g/mol. The number of rotatable bonds is 4. The lowest BCUT2D eigenvalue weighted by Gasteiger charge is -2.37. The number of likely N-dealkylation sites (N-methyl/N-ethyl adjacent to an activating group) is 1. The standard InChI is InChI=1S/C13H28N2O/c1-8-9(2)11(14)12(16)15(7)10(3)13(4,5)6/h9-11H,8,14H2,1-7H3. The topological polar surface area (TPSA) is 46.3 Å². The van der Waals surface area contributed by atoms with E-state index in [1.54, 1.807) is 4.90 Å². The Labute approximate surface area is 100 Å². The molecule has 0 heterocycles. The molecule has 0 aromatic carbocycles. The molecule has 0 saturated carbocycles. The zero-order chi connectivity index (χ0) is 13.1. The highest BCUT2D eigenvalue weighted by atomic mass is 16.2. The van der Waals surface area contributed by atoms with Crippen LogP contribution in [-0.4, -0.2) is 29.9 Å². The summed E-state index contributed by atoms with van der Waals surface area (Å²) < 4.78 is 0. The van der Waals surface area contributed by atoms with Crippen LogP contribution in [0, 0.1) is 11.3 Å². The number of hydrogen-bond donors (Lipinski definition) is 1. The summed E-state index contributed by atoms with van der Waals surface area (Å²) in [5.41, 5.74) is 6.04. The molecule has 1 amide bonds. The summed E-state index contributed by atoms with van der Waals surface area (Å²) in [5.74, 6) is 0.291. The average molecular weight is 228 g/mol. The van der Waals surface area contributed by atoms with E-state index in [1.165, 1.54) is 0 Å². The molecule has 0 radical (unpaired) electrons. The first kappa shape index (κ1) is 15.4. The molecule has 0 rings (SSSR count). The molecule has 96 valence electrons. The summed E-state index contributed by atoms with van der Waals surface area (Å²) in [6, 6.07) is -0.185. The summed E-state index contributed by atoms with van der Waals surface area (Å²) in [7, 11) is 1.85. The molecule has 0 aliphatic carbocycles. The first-order valence-corrected chi connectivity index (χ1v) is 6.15. The van der Waals surface area contributed by atoms with Crippen molar-refractivity contribution >= 4 is 5.91 Å². The quantitative estimate of drug-likeness (QED) is 0.802. The minimum atomic E-state index is -0.375. The summed E-state index contributed by atoms with van der Waals surface area (Å²) in [4.78, 5) is 13.9. The van der Waals surface area contributed by atoms with Crippen LogP contribution in [0.2, 0.25) is 0 Å². The highest BCUT2D eigenvalue weighted by Gasteiger charge is 2.30. The number of hydrogen-bond acceptors (Lipinski definition) is 2. The van der Waals surface area contributed by atoms with E-state index in [4.69, 9.17) is 5.73 Å². The highest BCUT2D eigenvalue weighted by molar-refractivity contribution is 5.82. The summed E-state index contributed by atoms with van der Waals surface area (Å²) in [5, 5.41) is 0. The van der Waals surface area contributed by atoms with Gasteiger partial charge in [-0.3, -0.25) is 4.79 Å². The second kappa shape index (κ2) is 5.67. The molecular formula is C13H28N2O. The lowest BCUT2D eigenvalue weighted by molar-refractivity contribution is -0.136. The van der Waals surface area contributed by atoms with Gasteiger partial charge in [-0.1, -0.05) is 41.0 Å². The Morgan fingerprint density at radius 3 is 2.06 bits per heavy atom. The molecule has 3 heteroatoms. The van der Waals surface area contributed by atoms with Crippen molar-refractivity contribution in [1.29, 1.82) is 0 Å². The van der Waals surface area contributed by atoms with E-state index in [0.717, 1.165) is 6.42 Å². The van der Waals surface area contributed by atoms with Crippen LogP contribution in [-0.2, 0) is 4.79 Å². The third-order valence-electron chi connectivity index (χ3n) is 3.72. The monoisotopic (exact) mass is 228 g/mol. The van der Waals surface area contributed by atoms with Crippen LogP contribution < -0.4 is 5.73 Å². The van der Waals surface area contributed by atoms with E-state index >= 15 is 0 Å². The van der Waals surface area contributed by atoms with Crippen LogP contribution in [0.5, 0.6) is 0 Å². The van der Waals surface area contributed by atoms with E-state index in [0.29, 0.717) is 0 Å². The molecule has 0 aromatic heterocycles. The number of amides is 1. The number of carbonyl (C=O) groups excluding carboxylic acids is 1. The Kier molecular flexibility index (Phi) is 5.47. The van der Waals surface area contributed by atoms with Crippen molar-refractivity contribution in [3.63, 3.8) is 0 Å². The van der Waals surface area contributed by atoms with Crippen molar-refractivity contribution in [2.24, 2.45) is 17.1 Å². The van der Waals surface area contributed by atoms with Crippen molar-refractivity contribution in [3.8, 4) is 0 Å². The third kappa shape index (κ3) is 3.78. The van der Waals surface area contributed by atoms with E-state index in [-0.39, 0.29) is 29.3 Å². The average Bonchev–Trinajstić information content (AvgIpc) is 2.22. The predicted molar refractivity (Wildman–Crippen MR) is 69.1 cm³/mol. The lowest BCUT2D eigenvalue weighted by Crippen LogP contribution is -2.51. The summed E-state index contributed by atoms with van der Waals surface area (Å²) in [6.07, 6.45) is 0.935. The second-order valence-electron chi connectivity index (χ2n) is 5.90. The fourth-order valence-corrected chi connectivity index (χ4v) is 1.50. The zero-order valence-corrected chi connectivity index (χ0v) is 11.9. The minimum Gasteiger partial charge on any atom is -0.341 e. The van der Waals surface area contributed by atoms with Crippen molar-refractivity contribution in [1.82, 2.24) is 4.90 Å². The molecule has 0 bridgehead atoms. The van der Waals surface area contributed by atoms with Crippen molar-refractivity contribution < 1.29 is 4.79 Å². The first-order valence-electron chi connectivity index (χ1n) is 6.15. The van der Waals surface area contributed by atoms with Crippen LogP contribution in [0.4, 0.5) is 0 Å². The Bertz CT molecular complexity index is 233. The number of nitrogens with zero attached hydrogens (tertiary/aromatic N) is 1. The molecule has 0 saturated heterocycles. The normalized spacial score (nSPS) is 17.8. The zero-order valence-electron chi connectivity index (χ0n) is 11.9. The fraction of sp³-hybridized carbons (Fsp3) is 0.923. The van der Waals surface area contributed by atoms with Crippen molar-refractivity contribution in [3.05, 3.63) is 0 Å². The van der Waals surface area contributed by atoms with E-state index < -0.39 is 0 Å². The van der Waals surface area contributed by atoms with Crippen LogP contribution in [0.25, 0.3) is 0 Å². The van der Waals surface area contributed by atoms with Gasteiger partial charge >= 0.3 is 0 Å². The van der Waals surface area contributed by atoms with Gasteiger partial charge in [0.15, 0.2) is 0 Å². The molecule has 16 heavy (non-hydrogen) atoms. The van der Waals surface area contributed by atoms with Crippen LogP contribution >= 0.6 is 0 Å². The number of carbonyl (C=O) groups is 1. The van der Waals surface area contributed by atoms with Crippen molar-refractivity contribution in [2.45, 2.75) is 60.0 Å². The van der Waals surface area contributed by atoms with Gasteiger partial charge in [0.05, 0.1) is 6.04 Å². The smallest absolute Gasteiger partial charge is 0.239 e. The van der Waals surface area contributed by atoms with Gasteiger partial charge in [0, 0.05) is 13.1 Å². The summed E-state index contributed by atoms with van der Waals surface area (Å²) >= 11 is 0. The Morgan fingerprint density at radius 1 is 1.31 bits per heavy atom. The van der Waals surface area contributed by atoms with Gasteiger partial charge in [-0.25, -0.2) is 0 Å². The minimum absolute atomic E-state index is 0.0526. The Morgan fingerprint density at radius 2 is 1.75 bits per heavy atom. The van der Waals surface area contributed by atoms with E-state index in [9.17, 15) is 4.79 Å². The molecule has 0 aliphatic rings. The molecule has 0 spiro atoms. The number of nitrogens with two attached hydrogens (primary N) is 1. The predicted octanol–water partition coefficient (Wildman–Crippen LogP) is 2.25. The molecule has 3 unspecified atom stereocenters. The van der Waals surface area contributed by atoms with Crippen molar-refractivity contribution in [2.75, 3.05) is 7.05 Å². The van der Waals surface area contributed by atoms with Gasteiger partial charge in [-0.05, 0) is 18.3 Å². The van der Waals surface area contributed by atoms with Gasteiger partial charge in [-0.15, -0.1) is 0 Å². The second-order valence-corrected chi connectivity index (χ2v) is 5.90. The first-order chi connectivity index (χ1) is 7.12. The summed E-state index contributed by atoms with van der Waals surface area (Å²) in [6.45, 7) is 12.6. The van der Waals surface area contributed by atoms with Gasteiger partial charge in [0.1, 0.15) is 0 Å². The molecule has 2 N–H and O–H groups in total. The van der Waals surface area contributed by atoms with Gasteiger partial charge in [-0.2, -0.15) is 0 Å². The highest BCUT2D eigenvalue weighted by Crippen LogP contribution is 2.24. The van der Waals surface area contributed by atoms with Gasteiger partial charge in [0.2, 0.25) is 5.91 Å². The maximum Gasteiger partial charge on any atom is 0.239 e. The lowest BCUT2D eigenvalue weighted by atomic mass is 9.86. The molecule has 3 atom stereocenters. The third-order valence-corrected chi connectivity index (χ3v) is 3.72. The maximum absolute atomic E-state index is 12.1.